The number of nitrogens with two attached hydrogens (primary N) is 1. The largest absolute Gasteiger partial charge is 0.368 e. The van der Waals surface area contributed by atoms with E-state index in [1.54, 1.807) is 13.0 Å². The van der Waals surface area contributed by atoms with E-state index >= 15 is 0 Å². The number of rotatable bonds is 4. The van der Waals surface area contributed by atoms with E-state index in [-0.39, 0.29) is 13.0 Å². The Morgan fingerprint density at radius 3 is 2.71 bits per heavy atom. The average molecular weight is 259 g/mol. The molecule has 2 atom stereocenters. The van der Waals surface area contributed by atoms with Gasteiger partial charge in [-0.1, -0.05) is 13.3 Å². The van der Waals surface area contributed by atoms with Gasteiger partial charge in [0.05, 0.1) is 6.07 Å². The first-order valence-corrected chi connectivity index (χ1v) is 7.15. The van der Waals surface area contributed by atoms with E-state index in [1.165, 1.54) is 0 Å². The normalized spacial score (nSPS) is 23.9. The van der Waals surface area contributed by atoms with Crippen molar-refractivity contribution in [3.05, 3.63) is 0 Å². The molecule has 1 aliphatic heterocycles. The lowest BCUT2D eigenvalue weighted by Crippen LogP contribution is -2.52. The Hall–Kier alpha value is -1.13. The molecule has 0 bridgehead atoms. The van der Waals surface area contributed by atoms with Gasteiger partial charge in [-0.2, -0.15) is 9.57 Å². The zero-order chi connectivity index (χ0) is 13.1. The summed E-state index contributed by atoms with van der Waals surface area (Å²) in [5.74, 6) is -0.638. The smallest absolute Gasteiger partial charge is 0.235 e. The third kappa shape index (κ3) is 2.76. The molecule has 1 fully saturated rings. The van der Waals surface area contributed by atoms with Crippen molar-refractivity contribution in [2.75, 3.05) is 6.54 Å². The van der Waals surface area contributed by atoms with Crippen LogP contribution in [0.25, 0.3) is 0 Å². The number of carbonyl (C=O) groups excluding carboxylic acids is 1. The molecule has 0 aromatic heterocycles. The van der Waals surface area contributed by atoms with Crippen LogP contribution >= 0.6 is 0 Å². The van der Waals surface area contributed by atoms with Gasteiger partial charge in [0.2, 0.25) is 15.9 Å². The van der Waals surface area contributed by atoms with Crippen molar-refractivity contribution in [2.45, 2.75) is 43.9 Å². The van der Waals surface area contributed by atoms with E-state index in [0.717, 1.165) is 10.7 Å². The minimum absolute atomic E-state index is 0.209. The highest BCUT2D eigenvalue weighted by Crippen LogP contribution is 2.23. The van der Waals surface area contributed by atoms with Gasteiger partial charge in [0, 0.05) is 6.54 Å². The molecule has 0 aliphatic carbocycles. The van der Waals surface area contributed by atoms with Crippen LogP contribution in [0.15, 0.2) is 0 Å². The fourth-order valence-electron chi connectivity index (χ4n) is 2.03. The molecule has 0 spiro atoms. The molecule has 0 aromatic rings. The van der Waals surface area contributed by atoms with E-state index in [9.17, 15) is 13.2 Å². The van der Waals surface area contributed by atoms with E-state index in [4.69, 9.17) is 11.0 Å². The van der Waals surface area contributed by atoms with Crippen molar-refractivity contribution in [3.63, 3.8) is 0 Å². The summed E-state index contributed by atoms with van der Waals surface area (Å²) in [4.78, 5) is 11.2. The van der Waals surface area contributed by atoms with Crippen LogP contribution in [0, 0.1) is 11.3 Å². The summed E-state index contributed by atoms with van der Waals surface area (Å²) in [5, 5.41) is 7.75. The summed E-state index contributed by atoms with van der Waals surface area (Å²) < 4.78 is 25.4. The highest BCUT2D eigenvalue weighted by molar-refractivity contribution is 7.90. The van der Waals surface area contributed by atoms with Gasteiger partial charge in [-0.3, -0.25) is 4.79 Å². The Morgan fingerprint density at radius 2 is 2.24 bits per heavy atom. The summed E-state index contributed by atoms with van der Waals surface area (Å²) in [6.45, 7) is 1.91. The minimum atomic E-state index is -3.75. The van der Waals surface area contributed by atoms with Crippen LogP contribution in [-0.2, 0) is 14.8 Å². The molecule has 0 radical (unpaired) electrons. The van der Waals surface area contributed by atoms with Crippen molar-refractivity contribution in [3.8, 4) is 6.07 Å². The van der Waals surface area contributed by atoms with E-state index in [2.05, 4.69) is 0 Å². The molecule has 7 heteroatoms. The highest BCUT2D eigenvalue weighted by Gasteiger charge is 2.39. The molecule has 0 aromatic carbocycles. The van der Waals surface area contributed by atoms with Crippen molar-refractivity contribution in [1.82, 2.24) is 4.31 Å². The first-order chi connectivity index (χ1) is 7.95. The molecule has 2 unspecified atom stereocenters. The van der Waals surface area contributed by atoms with Crippen LogP contribution in [0.5, 0.6) is 0 Å². The molecule has 17 heavy (non-hydrogen) atoms. The Bertz CT molecular complexity index is 427. The van der Waals surface area contributed by atoms with Crippen molar-refractivity contribution in [1.29, 1.82) is 5.26 Å². The third-order valence-electron chi connectivity index (χ3n) is 2.98. The second-order valence-electron chi connectivity index (χ2n) is 4.10. The van der Waals surface area contributed by atoms with Crippen LogP contribution in [0.2, 0.25) is 0 Å². The Kier molecular flexibility index (Phi) is 4.48. The van der Waals surface area contributed by atoms with Gasteiger partial charge in [0.25, 0.3) is 0 Å². The van der Waals surface area contributed by atoms with Gasteiger partial charge < -0.3 is 5.73 Å². The number of nitrogens with zero attached hydrogens (tertiary/aromatic N) is 2. The van der Waals surface area contributed by atoms with Gasteiger partial charge >= 0.3 is 0 Å². The first-order valence-electron chi connectivity index (χ1n) is 5.64. The van der Waals surface area contributed by atoms with Gasteiger partial charge in [0.15, 0.2) is 5.25 Å². The molecule has 1 saturated heterocycles. The highest BCUT2D eigenvalue weighted by atomic mass is 32.2. The summed E-state index contributed by atoms with van der Waals surface area (Å²) in [6, 6.07) is 0.972. The van der Waals surface area contributed by atoms with Crippen molar-refractivity contribution in [2.24, 2.45) is 5.73 Å². The van der Waals surface area contributed by atoms with Crippen LogP contribution in [0.4, 0.5) is 0 Å². The summed E-state index contributed by atoms with van der Waals surface area (Å²) in [7, 11) is -3.75. The standard InChI is InChI=1S/C10H17N3O3S/c1-2-8(7-11)17(15,16)13-6-4-3-5-9(13)10(12)14/h8-9H,2-6H2,1H3,(H2,12,14). The molecule has 96 valence electrons. The lowest BCUT2D eigenvalue weighted by Gasteiger charge is -2.33. The zero-order valence-electron chi connectivity index (χ0n) is 9.80. The fourth-order valence-corrected chi connectivity index (χ4v) is 3.85. The van der Waals surface area contributed by atoms with Crippen LogP contribution in [0.1, 0.15) is 32.6 Å². The van der Waals surface area contributed by atoms with Crippen molar-refractivity contribution < 1.29 is 13.2 Å². The number of sulfonamides is 1. The lowest BCUT2D eigenvalue weighted by molar-refractivity contribution is -0.122. The second kappa shape index (κ2) is 5.47. The van der Waals surface area contributed by atoms with E-state index in [0.29, 0.717) is 12.8 Å². The molecule has 6 nitrogen and oxygen atoms in total. The zero-order valence-corrected chi connectivity index (χ0v) is 10.6. The number of nitriles is 1. The Labute approximate surface area is 101 Å². The second-order valence-corrected chi connectivity index (χ2v) is 6.16. The predicted octanol–water partition coefficient (Wildman–Crippen LogP) is -0.0418. The maximum Gasteiger partial charge on any atom is 0.235 e. The maximum absolute atomic E-state index is 12.2. The maximum atomic E-state index is 12.2. The molecule has 1 heterocycles. The van der Waals surface area contributed by atoms with Gasteiger partial charge in [0.1, 0.15) is 6.04 Å². The number of piperidine rings is 1. The summed E-state index contributed by atoms with van der Waals surface area (Å²) in [6.07, 6.45) is 2.13. The van der Waals surface area contributed by atoms with Crippen LogP contribution in [0.3, 0.4) is 0 Å². The number of hydrogen-bond donors (Lipinski definition) is 1. The number of amides is 1. The fraction of sp³-hybridized carbons (Fsp3) is 0.800. The number of primary amides is 1. The molecular weight excluding hydrogens is 242 g/mol. The molecular formula is C10H17N3O3S. The quantitative estimate of drug-likeness (QED) is 0.764. The summed E-state index contributed by atoms with van der Waals surface area (Å²) in [5.41, 5.74) is 5.21. The van der Waals surface area contributed by atoms with E-state index < -0.39 is 27.2 Å². The molecule has 1 rings (SSSR count). The van der Waals surface area contributed by atoms with Gasteiger partial charge in [-0.15, -0.1) is 0 Å². The number of hydrogen-bond acceptors (Lipinski definition) is 4. The molecule has 1 aliphatic rings. The molecule has 2 N–H and O–H groups in total. The van der Waals surface area contributed by atoms with E-state index in [1.807, 2.05) is 0 Å². The topological polar surface area (TPSA) is 104 Å². The Balaban J connectivity index is 3.03. The Morgan fingerprint density at radius 1 is 1.59 bits per heavy atom. The van der Waals surface area contributed by atoms with Crippen molar-refractivity contribution >= 4 is 15.9 Å². The predicted molar refractivity (Wildman–Crippen MR) is 62.2 cm³/mol. The third-order valence-corrected chi connectivity index (χ3v) is 5.23. The summed E-state index contributed by atoms with van der Waals surface area (Å²) >= 11 is 0. The average Bonchev–Trinajstić information content (AvgIpc) is 2.30. The SMILES string of the molecule is CCC(C#N)S(=O)(=O)N1CCCCC1C(N)=O. The molecule has 0 saturated carbocycles. The first kappa shape index (κ1) is 13.9. The van der Waals surface area contributed by atoms with Crippen LogP contribution < -0.4 is 5.73 Å². The minimum Gasteiger partial charge on any atom is -0.368 e. The molecule has 1 amide bonds. The number of carbonyl (C=O) groups is 1. The monoisotopic (exact) mass is 259 g/mol. The van der Waals surface area contributed by atoms with Gasteiger partial charge in [-0.25, -0.2) is 8.42 Å². The van der Waals surface area contributed by atoms with Crippen LogP contribution in [-0.4, -0.2) is 36.5 Å². The van der Waals surface area contributed by atoms with Gasteiger partial charge in [-0.05, 0) is 19.3 Å². The lowest BCUT2D eigenvalue weighted by atomic mass is 10.0.